The van der Waals surface area contributed by atoms with Gasteiger partial charge in [-0.25, -0.2) is 0 Å². The Kier molecular flexibility index (Phi) is 5.16. The lowest BCUT2D eigenvalue weighted by Crippen LogP contribution is -2.13. The third-order valence-electron chi connectivity index (χ3n) is 4.24. The van der Waals surface area contributed by atoms with Crippen LogP contribution in [-0.2, 0) is 17.4 Å². The number of carbonyl (C=O) groups is 2. The summed E-state index contributed by atoms with van der Waals surface area (Å²) in [5.41, 5.74) is 0.971. The fraction of sp³-hybridized carbons (Fsp3) is 0.222. The van der Waals surface area contributed by atoms with E-state index in [1.807, 2.05) is 0 Å². The number of rotatable bonds is 4. The van der Waals surface area contributed by atoms with Crippen LogP contribution < -0.4 is 4.74 Å². The molecular weight excluding hydrogens is 419 g/mol. The number of aromatic nitrogens is 1. The van der Waals surface area contributed by atoms with Gasteiger partial charge in [-0.3, -0.25) is 14.2 Å². The van der Waals surface area contributed by atoms with Gasteiger partial charge in [-0.1, -0.05) is 11.6 Å². The van der Waals surface area contributed by atoms with Crippen LogP contribution in [0.2, 0.25) is 5.02 Å². The van der Waals surface area contributed by atoms with Crippen LogP contribution in [0.25, 0.3) is 10.9 Å². The minimum Gasteiger partial charge on any atom is -0.495 e. The van der Waals surface area contributed by atoms with Crippen molar-refractivity contribution < 1.29 is 32.6 Å². The third-order valence-corrected chi connectivity index (χ3v) is 5.65. The molecule has 0 radical (unpaired) electrons. The molecule has 28 heavy (non-hydrogen) atoms. The van der Waals surface area contributed by atoms with E-state index in [9.17, 15) is 27.9 Å². The molecule has 0 saturated heterocycles. The number of fused-ring (bicyclic) bond motifs is 1. The number of ether oxygens (including phenoxy) is 1. The van der Waals surface area contributed by atoms with Crippen LogP contribution in [0.1, 0.15) is 25.8 Å². The molecule has 5 nitrogen and oxygen atoms in total. The zero-order valence-corrected chi connectivity index (χ0v) is 16.1. The van der Waals surface area contributed by atoms with E-state index in [1.54, 1.807) is 0 Å². The summed E-state index contributed by atoms with van der Waals surface area (Å²) < 4.78 is 45.0. The highest BCUT2D eigenvalue weighted by Gasteiger charge is 2.33. The fourth-order valence-corrected chi connectivity index (χ4v) is 4.03. The first-order valence-corrected chi connectivity index (χ1v) is 9.05. The number of carboxylic acid groups (broad SMARTS) is 1. The van der Waals surface area contributed by atoms with Gasteiger partial charge in [-0.2, -0.15) is 13.2 Å². The summed E-state index contributed by atoms with van der Waals surface area (Å²) in [5.74, 6) is -1.51. The third kappa shape index (κ3) is 3.47. The zero-order chi connectivity index (χ0) is 20.8. The molecule has 2 aromatic heterocycles. The number of halogens is 4. The van der Waals surface area contributed by atoms with Crippen molar-refractivity contribution in [2.24, 2.45) is 0 Å². The van der Waals surface area contributed by atoms with Gasteiger partial charge in [0.2, 0.25) is 0 Å². The van der Waals surface area contributed by atoms with Gasteiger partial charge in [0.1, 0.15) is 10.6 Å². The molecule has 0 amide bonds. The van der Waals surface area contributed by atoms with E-state index in [1.165, 1.54) is 30.7 Å². The summed E-state index contributed by atoms with van der Waals surface area (Å²) in [7, 11) is 1.39. The molecule has 2 heterocycles. The van der Waals surface area contributed by atoms with Gasteiger partial charge in [0.15, 0.2) is 0 Å². The highest BCUT2D eigenvalue weighted by atomic mass is 35.5. The first kappa shape index (κ1) is 20.2. The predicted molar refractivity (Wildman–Crippen MR) is 98.6 cm³/mol. The van der Waals surface area contributed by atoms with Crippen LogP contribution in [0.5, 0.6) is 5.75 Å². The van der Waals surface area contributed by atoms with Crippen LogP contribution in [0.15, 0.2) is 24.3 Å². The minimum absolute atomic E-state index is 0.124. The Bertz CT molecular complexity index is 1100. The van der Waals surface area contributed by atoms with E-state index in [0.29, 0.717) is 39.2 Å². The maximum absolute atomic E-state index is 13.0. The van der Waals surface area contributed by atoms with Crippen LogP contribution >= 0.6 is 22.9 Å². The maximum atomic E-state index is 13.0. The monoisotopic (exact) mass is 431 g/mol. The average molecular weight is 432 g/mol. The Morgan fingerprint density at radius 3 is 2.50 bits per heavy atom. The second-order valence-corrected chi connectivity index (χ2v) is 7.43. The van der Waals surface area contributed by atoms with E-state index < -0.39 is 22.9 Å². The smallest absolute Gasteiger partial charge is 0.425 e. The van der Waals surface area contributed by atoms with Crippen molar-refractivity contribution in [3.8, 4) is 5.75 Å². The number of carboxylic acids is 1. The topological polar surface area (TPSA) is 68.5 Å². The standard InChI is InChI=1S/C18H13ClF3NO4S/c1-8-9(6-16(24)25)10-5-13(27-2)11(19)7-12(10)23(8)17(26)14-3-4-15(28-14)18(20,21)22/h3-5,7H,6H2,1-2H3,(H,24,25). The van der Waals surface area contributed by atoms with Gasteiger partial charge >= 0.3 is 12.1 Å². The molecular formula is C18H13ClF3NO4S. The lowest BCUT2D eigenvalue weighted by molar-refractivity contribution is -0.136. The van der Waals surface area contributed by atoms with Crippen LogP contribution in [-0.4, -0.2) is 28.7 Å². The summed E-state index contributed by atoms with van der Waals surface area (Å²) in [4.78, 5) is 23.2. The number of methoxy groups -OCH3 is 1. The average Bonchev–Trinajstić information content (AvgIpc) is 3.18. The molecule has 10 heteroatoms. The van der Waals surface area contributed by atoms with E-state index in [-0.39, 0.29) is 16.3 Å². The molecule has 3 aromatic rings. The summed E-state index contributed by atoms with van der Waals surface area (Å²) in [5, 5.41) is 9.83. The summed E-state index contributed by atoms with van der Waals surface area (Å²) in [6.45, 7) is 1.54. The molecule has 0 saturated carbocycles. The second-order valence-electron chi connectivity index (χ2n) is 5.94. The highest BCUT2D eigenvalue weighted by Crippen LogP contribution is 2.38. The van der Waals surface area contributed by atoms with Gasteiger partial charge in [-0.05, 0) is 36.8 Å². The number of hydrogen-bond donors (Lipinski definition) is 1. The zero-order valence-electron chi connectivity index (χ0n) is 14.6. The molecule has 0 bridgehead atoms. The molecule has 0 aliphatic heterocycles. The minimum atomic E-state index is -4.55. The number of alkyl halides is 3. The largest absolute Gasteiger partial charge is 0.495 e. The molecule has 0 spiro atoms. The maximum Gasteiger partial charge on any atom is 0.425 e. The molecule has 1 aromatic carbocycles. The number of benzene rings is 1. The van der Waals surface area contributed by atoms with Crippen molar-refractivity contribution in [2.75, 3.05) is 7.11 Å². The molecule has 1 N–H and O–H groups in total. The van der Waals surface area contributed by atoms with Crippen LogP contribution in [0.3, 0.4) is 0 Å². The van der Waals surface area contributed by atoms with Crippen molar-refractivity contribution >= 4 is 45.7 Å². The normalized spacial score (nSPS) is 11.8. The quantitative estimate of drug-likeness (QED) is 0.630. The SMILES string of the molecule is COc1cc2c(CC(=O)O)c(C)n(C(=O)c3ccc(C(F)(F)F)s3)c2cc1Cl. The Labute approximate surface area is 165 Å². The second kappa shape index (κ2) is 7.14. The Balaban J connectivity index is 2.23. The molecule has 0 aliphatic rings. The van der Waals surface area contributed by atoms with Crippen molar-refractivity contribution in [3.63, 3.8) is 0 Å². The summed E-state index contributed by atoms with van der Waals surface area (Å²) in [6, 6.07) is 4.89. The van der Waals surface area contributed by atoms with E-state index in [4.69, 9.17) is 16.3 Å². The van der Waals surface area contributed by atoms with Crippen molar-refractivity contribution in [1.82, 2.24) is 4.57 Å². The fourth-order valence-electron chi connectivity index (χ4n) is 2.99. The number of aliphatic carboxylic acids is 1. The van der Waals surface area contributed by atoms with Gasteiger partial charge in [-0.15, -0.1) is 11.3 Å². The first-order chi connectivity index (χ1) is 13.0. The van der Waals surface area contributed by atoms with E-state index in [2.05, 4.69) is 0 Å². The molecule has 0 aliphatic carbocycles. The van der Waals surface area contributed by atoms with Crippen LogP contribution in [0, 0.1) is 6.92 Å². The highest BCUT2D eigenvalue weighted by molar-refractivity contribution is 7.14. The lowest BCUT2D eigenvalue weighted by Gasteiger charge is -2.07. The molecule has 3 rings (SSSR count). The first-order valence-electron chi connectivity index (χ1n) is 7.85. The van der Waals surface area contributed by atoms with Crippen LogP contribution in [0.4, 0.5) is 13.2 Å². The lowest BCUT2D eigenvalue weighted by atomic mass is 10.1. The number of thiophene rings is 1. The Hall–Kier alpha value is -2.52. The van der Waals surface area contributed by atoms with Crippen molar-refractivity contribution in [1.29, 1.82) is 0 Å². The molecule has 0 unspecified atom stereocenters. The van der Waals surface area contributed by atoms with Gasteiger partial charge < -0.3 is 9.84 Å². The summed E-state index contributed by atoms with van der Waals surface area (Å²) >= 11 is 6.47. The molecule has 148 valence electrons. The Morgan fingerprint density at radius 1 is 1.29 bits per heavy atom. The van der Waals surface area contributed by atoms with Gasteiger partial charge in [0.05, 0.1) is 28.9 Å². The molecule has 0 atom stereocenters. The van der Waals surface area contributed by atoms with Gasteiger partial charge in [0.25, 0.3) is 5.91 Å². The van der Waals surface area contributed by atoms with E-state index in [0.717, 1.165) is 12.1 Å². The number of hydrogen-bond acceptors (Lipinski definition) is 4. The predicted octanol–water partition coefficient (Wildman–Crippen LogP) is 5.01. The number of nitrogens with zero attached hydrogens (tertiary/aromatic N) is 1. The Morgan fingerprint density at radius 2 is 1.96 bits per heavy atom. The van der Waals surface area contributed by atoms with Crippen molar-refractivity contribution in [3.05, 3.63) is 50.3 Å². The number of carbonyl (C=O) groups excluding carboxylic acids is 1. The van der Waals surface area contributed by atoms with Crippen molar-refractivity contribution in [2.45, 2.75) is 19.5 Å². The molecule has 0 fully saturated rings. The van der Waals surface area contributed by atoms with E-state index >= 15 is 0 Å². The van der Waals surface area contributed by atoms with Gasteiger partial charge in [0, 0.05) is 11.1 Å². The summed E-state index contributed by atoms with van der Waals surface area (Å²) in [6.07, 6.45) is -4.92.